The van der Waals surface area contributed by atoms with Crippen LogP contribution in [0.25, 0.3) is 11.0 Å². The molecule has 0 aliphatic carbocycles. The lowest BCUT2D eigenvalue weighted by molar-refractivity contribution is 0.615. The van der Waals surface area contributed by atoms with Crippen LogP contribution in [0.4, 0.5) is 0 Å². The molecule has 2 heteroatoms. The summed E-state index contributed by atoms with van der Waals surface area (Å²) in [6.07, 6.45) is 3.49. The summed E-state index contributed by atoms with van der Waals surface area (Å²) in [5.41, 5.74) is 1.90. The molecule has 0 radical (unpaired) electrons. The maximum Gasteiger partial charge on any atom is 0.137 e. The summed E-state index contributed by atoms with van der Waals surface area (Å²) >= 11 is 0. The number of hydrogen-bond acceptors (Lipinski definition) is 2. The minimum atomic E-state index is 0.910. The highest BCUT2D eigenvalue weighted by molar-refractivity contribution is 5.75. The molecule has 2 rings (SSSR count). The smallest absolute Gasteiger partial charge is 0.137 e. The van der Waals surface area contributed by atoms with Crippen LogP contribution in [-0.2, 0) is 0 Å². The topological polar surface area (TPSA) is 26.0 Å². The monoisotopic (exact) mass is 133 g/mol. The molecule has 10 heavy (non-hydrogen) atoms. The molecule has 0 atom stereocenters. The number of rotatable bonds is 0. The molecule has 0 saturated carbocycles. The number of hydrogen-bond donors (Lipinski definition) is 0. The zero-order valence-electron chi connectivity index (χ0n) is 5.66. The number of nitrogens with zero attached hydrogens (tertiary/aromatic N) is 1. The molecule has 2 aromatic rings. The lowest BCUT2D eigenvalue weighted by Crippen LogP contribution is -1.76. The lowest BCUT2D eigenvalue weighted by Gasteiger charge is -1.88. The molecule has 50 valence electrons. The van der Waals surface area contributed by atoms with Gasteiger partial charge in [-0.15, -0.1) is 0 Å². The van der Waals surface area contributed by atoms with Gasteiger partial charge in [-0.3, -0.25) is 4.98 Å². The first-order valence-corrected chi connectivity index (χ1v) is 3.16. The van der Waals surface area contributed by atoms with Crippen LogP contribution in [0.15, 0.2) is 29.0 Å². The lowest BCUT2D eigenvalue weighted by atomic mass is 10.3. The molecular formula is C8H7NO. The van der Waals surface area contributed by atoms with E-state index in [1.54, 1.807) is 6.26 Å². The average molecular weight is 133 g/mol. The highest BCUT2D eigenvalue weighted by Crippen LogP contribution is 2.13. The quantitative estimate of drug-likeness (QED) is 0.550. The van der Waals surface area contributed by atoms with Crippen molar-refractivity contribution in [1.82, 2.24) is 4.98 Å². The molecule has 0 N–H and O–H groups in total. The first-order valence-electron chi connectivity index (χ1n) is 3.16. The second-order valence-corrected chi connectivity index (χ2v) is 2.28. The van der Waals surface area contributed by atoms with Crippen molar-refractivity contribution in [3.63, 3.8) is 0 Å². The van der Waals surface area contributed by atoms with E-state index >= 15 is 0 Å². The molecule has 0 bridgehead atoms. The van der Waals surface area contributed by atoms with Crippen molar-refractivity contribution in [2.45, 2.75) is 6.92 Å². The Morgan fingerprint density at radius 3 is 3.30 bits per heavy atom. The van der Waals surface area contributed by atoms with E-state index in [9.17, 15) is 0 Å². The van der Waals surface area contributed by atoms with Crippen LogP contribution in [0, 0.1) is 6.92 Å². The van der Waals surface area contributed by atoms with Crippen molar-refractivity contribution in [2.75, 3.05) is 0 Å². The predicted molar refractivity (Wildman–Crippen MR) is 38.7 cm³/mol. The molecular weight excluding hydrogens is 126 g/mol. The zero-order chi connectivity index (χ0) is 6.97. The second kappa shape index (κ2) is 1.84. The van der Waals surface area contributed by atoms with E-state index in [4.69, 9.17) is 4.42 Å². The third-order valence-electron chi connectivity index (χ3n) is 1.47. The van der Waals surface area contributed by atoms with Crippen LogP contribution in [0.2, 0.25) is 0 Å². The van der Waals surface area contributed by atoms with Crippen molar-refractivity contribution < 1.29 is 4.42 Å². The largest absolute Gasteiger partial charge is 0.464 e. The van der Waals surface area contributed by atoms with E-state index in [0.717, 1.165) is 16.7 Å². The Labute approximate surface area is 58.5 Å². The minimum absolute atomic E-state index is 0.910. The van der Waals surface area contributed by atoms with Gasteiger partial charge in [-0.25, -0.2) is 0 Å². The van der Waals surface area contributed by atoms with E-state index in [1.807, 2.05) is 25.3 Å². The highest BCUT2D eigenvalue weighted by Gasteiger charge is 1.94. The van der Waals surface area contributed by atoms with E-state index in [1.165, 1.54) is 0 Å². The van der Waals surface area contributed by atoms with Gasteiger partial charge in [-0.05, 0) is 13.0 Å². The summed E-state index contributed by atoms with van der Waals surface area (Å²) in [6.45, 7) is 1.95. The van der Waals surface area contributed by atoms with Crippen LogP contribution >= 0.6 is 0 Å². The Morgan fingerprint density at radius 2 is 2.40 bits per heavy atom. The normalized spacial score (nSPS) is 10.5. The van der Waals surface area contributed by atoms with Crippen molar-refractivity contribution in [2.24, 2.45) is 0 Å². The fraction of sp³-hybridized carbons (Fsp3) is 0.125. The summed E-state index contributed by atoms with van der Waals surface area (Å²) in [5.74, 6) is 0. The Morgan fingerprint density at radius 1 is 1.50 bits per heavy atom. The van der Waals surface area contributed by atoms with Crippen LogP contribution in [0.5, 0.6) is 0 Å². The van der Waals surface area contributed by atoms with Gasteiger partial charge in [0, 0.05) is 23.3 Å². The van der Waals surface area contributed by atoms with Gasteiger partial charge in [0.2, 0.25) is 0 Å². The fourth-order valence-corrected chi connectivity index (χ4v) is 0.953. The average Bonchev–Trinajstić information content (AvgIpc) is 2.33. The number of aromatic nitrogens is 1. The Bertz CT molecular complexity index is 351. The number of furan rings is 1. The fourth-order valence-electron chi connectivity index (χ4n) is 0.953. The van der Waals surface area contributed by atoms with Gasteiger partial charge in [-0.2, -0.15) is 0 Å². The SMILES string of the molecule is Cc1cc2occc2cn1. The van der Waals surface area contributed by atoms with Gasteiger partial charge in [0.05, 0.1) is 6.26 Å². The van der Waals surface area contributed by atoms with E-state index in [0.29, 0.717) is 0 Å². The molecule has 0 spiro atoms. The van der Waals surface area contributed by atoms with E-state index in [-0.39, 0.29) is 0 Å². The van der Waals surface area contributed by atoms with Gasteiger partial charge in [0.25, 0.3) is 0 Å². The number of pyridine rings is 1. The molecule has 2 heterocycles. The number of aryl methyl sites for hydroxylation is 1. The highest BCUT2D eigenvalue weighted by atomic mass is 16.3. The predicted octanol–water partition coefficient (Wildman–Crippen LogP) is 2.14. The van der Waals surface area contributed by atoms with Crippen LogP contribution < -0.4 is 0 Å². The molecule has 0 saturated heterocycles. The minimum Gasteiger partial charge on any atom is -0.464 e. The summed E-state index contributed by atoms with van der Waals surface area (Å²) in [6, 6.07) is 3.83. The molecule has 0 amide bonds. The first kappa shape index (κ1) is 5.47. The van der Waals surface area contributed by atoms with Crippen LogP contribution in [0.1, 0.15) is 5.69 Å². The van der Waals surface area contributed by atoms with Gasteiger partial charge in [-0.1, -0.05) is 0 Å². The van der Waals surface area contributed by atoms with Crippen molar-refractivity contribution >= 4 is 11.0 Å². The molecule has 0 unspecified atom stereocenters. The van der Waals surface area contributed by atoms with Crippen molar-refractivity contribution in [1.29, 1.82) is 0 Å². The van der Waals surface area contributed by atoms with Crippen LogP contribution in [-0.4, -0.2) is 4.98 Å². The van der Waals surface area contributed by atoms with E-state index in [2.05, 4.69) is 4.98 Å². The van der Waals surface area contributed by atoms with Gasteiger partial charge >= 0.3 is 0 Å². The Hall–Kier alpha value is -1.31. The summed E-state index contributed by atoms with van der Waals surface area (Å²) in [7, 11) is 0. The van der Waals surface area contributed by atoms with Gasteiger partial charge in [0.1, 0.15) is 5.58 Å². The third kappa shape index (κ3) is 0.692. The molecule has 0 fully saturated rings. The maximum absolute atomic E-state index is 5.16. The molecule has 0 aliphatic heterocycles. The third-order valence-corrected chi connectivity index (χ3v) is 1.47. The van der Waals surface area contributed by atoms with E-state index < -0.39 is 0 Å². The number of fused-ring (bicyclic) bond motifs is 1. The Balaban J connectivity index is 2.86. The summed E-state index contributed by atoms with van der Waals surface area (Å²) in [4.78, 5) is 4.12. The summed E-state index contributed by atoms with van der Waals surface area (Å²) in [5, 5.41) is 1.06. The molecule has 2 nitrogen and oxygen atoms in total. The Kier molecular flexibility index (Phi) is 1.01. The van der Waals surface area contributed by atoms with Gasteiger partial charge in [0.15, 0.2) is 0 Å². The second-order valence-electron chi connectivity index (χ2n) is 2.28. The molecule has 2 aromatic heterocycles. The molecule has 0 aliphatic rings. The maximum atomic E-state index is 5.16. The van der Waals surface area contributed by atoms with Crippen molar-refractivity contribution in [3.8, 4) is 0 Å². The molecule has 0 aromatic carbocycles. The van der Waals surface area contributed by atoms with Gasteiger partial charge < -0.3 is 4.42 Å². The summed E-state index contributed by atoms with van der Waals surface area (Å²) < 4.78 is 5.16. The first-order chi connectivity index (χ1) is 4.86. The zero-order valence-corrected chi connectivity index (χ0v) is 5.66. The standard InChI is InChI=1S/C8H7NO/c1-6-4-8-7(5-9-6)2-3-10-8/h2-5H,1H3. The van der Waals surface area contributed by atoms with Crippen LogP contribution in [0.3, 0.4) is 0 Å². The van der Waals surface area contributed by atoms with Crippen molar-refractivity contribution in [3.05, 3.63) is 30.3 Å².